The van der Waals surface area contributed by atoms with Crippen LogP contribution in [0.4, 0.5) is 0 Å². The van der Waals surface area contributed by atoms with Crippen molar-refractivity contribution in [2.45, 2.75) is 31.7 Å². The minimum atomic E-state index is 0.207. The summed E-state index contributed by atoms with van der Waals surface area (Å²) >= 11 is 0. The number of allylic oxidation sites excluding steroid dienone is 2. The Morgan fingerprint density at radius 2 is 2.21 bits per heavy atom. The van der Waals surface area contributed by atoms with E-state index < -0.39 is 0 Å². The van der Waals surface area contributed by atoms with Crippen molar-refractivity contribution in [3.63, 3.8) is 0 Å². The summed E-state index contributed by atoms with van der Waals surface area (Å²) in [5.41, 5.74) is 5.78. The molecule has 1 heterocycles. The first kappa shape index (κ1) is 9.71. The summed E-state index contributed by atoms with van der Waals surface area (Å²) in [5, 5.41) is 0. The van der Waals surface area contributed by atoms with E-state index in [4.69, 9.17) is 5.73 Å². The predicted molar refractivity (Wildman–Crippen MR) is 55.7 cm³/mol. The number of rotatable bonds is 1. The van der Waals surface area contributed by atoms with Gasteiger partial charge < -0.3 is 10.6 Å². The van der Waals surface area contributed by atoms with Gasteiger partial charge in [-0.05, 0) is 25.7 Å². The summed E-state index contributed by atoms with van der Waals surface area (Å²) in [6, 6.07) is 0.207. The van der Waals surface area contributed by atoms with Gasteiger partial charge in [0.2, 0.25) is 5.91 Å². The van der Waals surface area contributed by atoms with Gasteiger partial charge in [-0.25, -0.2) is 0 Å². The molecule has 3 heteroatoms. The van der Waals surface area contributed by atoms with E-state index >= 15 is 0 Å². The Morgan fingerprint density at radius 1 is 1.36 bits per heavy atom. The van der Waals surface area contributed by atoms with Gasteiger partial charge in [0, 0.05) is 25.0 Å². The molecule has 0 spiro atoms. The molecule has 0 radical (unpaired) electrons. The lowest BCUT2D eigenvalue weighted by Gasteiger charge is -2.23. The van der Waals surface area contributed by atoms with Crippen LogP contribution in [0.1, 0.15) is 25.7 Å². The van der Waals surface area contributed by atoms with Gasteiger partial charge in [-0.15, -0.1) is 0 Å². The molecule has 1 unspecified atom stereocenters. The van der Waals surface area contributed by atoms with Crippen LogP contribution < -0.4 is 5.73 Å². The van der Waals surface area contributed by atoms with Crippen LogP contribution in [0.3, 0.4) is 0 Å². The fraction of sp³-hybridized carbons (Fsp3) is 0.727. The normalized spacial score (nSPS) is 32.2. The number of hydrogen-bond acceptors (Lipinski definition) is 2. The average Bonchev–Trinajstić information content (AvgIpc) is 2.65. The third kappa shape index (κ3) is 1.98. The largest absolute Gasteiger partial charge is 0.341 e. The number of carbonyl (C=O) groups excluding carboxylic acids is 1. The number of nitrogens with two attached hydrogens (primary N) is 1. The minimum absolute atomic E-state index is 0.207. The molecule has 2 rings (SSSR count). The van der Waals surface area contributed by atoms with Crippen LogP contribution >= 0.6 is 0 Å². The first-order valence-electron chi connectivity index (χ1n) is 5.47. The summed E-state index contributed by atoms with van der Waals surface area (Å²) in [4.78, 5) is 13.9. The zero-order valence-electron chi connectivity index (χ0n) is 8.48. The van der Waals surface area contributed by atoms with E-state index in [0.717, 1.165) is 38.8 Å². The molecule has 2 aliphatic rings. The van der Waals surface area contributed by atoms with E-state index in [1.165, 1.54) is 0 Å². The fourth-order valence-electron chi connectivity index (χ4n) is 2.26. The molecule has 1 saturated heterocycles. The third-order valence-corrected chi connectivity index (χ3v) is 3.15. The van der Waals surface area contributed by atoms with Crippen molar-refractivity contribution in [3.8, 4) is 0 Å². The predicted octanol–water partition coefficient (Wildman–Crippen LogP) is 0.902. The molecule has 1 amide bonds. The molecule has 78 valence electrons. The summed E-state index contributed by atoms with van der Waals surface area (Å²) in [7, 11) is 0. The zero-order valence-corrected chi connectivity index (χ0v) is 8.48. The average molecular weight is 194 g/mol. The zero-order chi connectivity index (χ0) is 9.97. The Balaban J connectivity index is 1.91. The van der Waals surface area contributed by atoms with Crippen molar-refractivity contribution in [1.29, 1.82) is 0 Å². The molecular formula is C11H18N2O. The number of hydrogen-bond donors (Lipinski definition) is 1. The summed E-state index contributed by atoms with van der Waals surface area (Å²) in [6.07, 6.45) is 8.25. The standard InChI is InChI=1S/C11H18N2O/c12-10-6-7-13(8-10)11(14)9-4-2-1-3-5-9/h1-2,9-10H,3-8,12H2/t9?,10-/m0/s1. The monoisotopic (exact) mass is 194 g/mol. The van der Waals surface area contributed by atoms with Gasteiger partial charge in [0.25, 0.3) is 0 Å². The van der Waals surface area contributed by atoms with Crippen LogP contribution in [-0.2, 0) is 4.79 Å². The van der Waals surface area contributed by atoms with Crippen LogP contribution in [-0.4, -0.2) is 29.9 Å². The highest BCUT2D eigenvalue weighted by molar-refractivity contribution is 5.79. The lowest BCUT2D eigenvalue weighted by Crippen LogP contribution is -2.36. The highest BCUT2D eigenvalue weighted by Crippen LogP contribution is 2.22. The number of amides is 1. The van der Waals surface area contributed by atoms with Crippen molar-refractivity contribution in [1.82, 2.24) is 4.90 Å². The van der Waals surface area contributed by atoms with Crippen molar-refractivity contribution in [2.75, 3.05) is 13.1 Å². The molecule has 0 aromatic heterocycles. The molecule has 2 atom stereocenters. The SMILES string of the molecule is N[C@H]1CCN(C(=O)C2CC=CCC2)C1. The van der Waals surface area contributed by atoms with Crippen molar-refractivity contribution < 1.29 is 4.79 Å². The van der Waals surface area contributed by atoms with E-state index in [1.54, 1.807) is 0 Å². The number of carbonyl (C=O) groups is 1. The first-order valence-corrected chi connectivity index (χ1v) is 5.47. The van der Waals surface area contributed by atoms with E-state index in [-0.39, 0.29) is 12.0 Å². The molecule has 0 saturated carbocycles. The maximum absolute atomic E-state index is 12.0. The van der Waals surface area contributed by atoms with Crippen molar-refractivity contribution >= 4 is 5.91 Å². The Labute approximate surface area is 84.9 Å². The van der Waals surface area contributed by atoms with Crippen LogP contribution in [0.25, 0.3) is 0 Å². The van der Waals surface area contributed by atoms with Crippen LogP contribution in [0, 0.1) is 5.92 Å². The Hall–Kier alpha value is -0.830. The second kappa shape index (κ2) is 4.13. The van der Waals surface area contributed by atoms with E-state index in [1.807, 2.05) is 4.90 Å². The molecule has 0 bridgehead atoms. The third-order valence-electron chi connectivity index (χ3n) is 3.15. The highest BCUT2D eigenvalue weighted by Gasteiger charge is 2.28. The van der Waals surface area contributed by atoms with Crippen LogP contribution in [0.5, 0.6) is 0 Å². The first-order chi connectivity index (χ1) is 6.77. The van der Waals surface area contributed by atoms with Gasteiger partial charge in [-0.1, -0.05) is 12.2 Å². The fourth-order valence-corrected chi connectivity index (χ4v) is 2.26. The Kier molecular flexibility index (Phi) is 2.87. The van der Waals surface area contributed by atoms with Crippen LogP contribution in [0.2, 0.25) is 0 Å². The van der Waals surface area contributed by atoms with Gasteiger partial charge in [-0.3, -0.25) is 4.79 Å². The maximum Gasteiger partial charge on any atom is 0.226 e. The van der Waals surface area contributed by atoms with Gasteiger partial charge >= 0.3 is 0 Å². The van der Waals surface area contributed by atoms with Crippen molar-refractivity contribution in [2.24, 2.45) is 11.7 Å². The highest BCUT2D eigenvalue weighted by atomic mass is 16.2. The lowest BCUT2D eigenvalue weighted by atomic mass is 9.93. The molecule has 1 aliphatic carbocycles. The second-order valence-electron chi connectivity index (χ2n) is 4.31. The van der Waals surface area contributed by atoms with Gasteiger partial charge in [0.1, 0.15) is 0 Å². The summed E-state index contributed by atoms with van der Waals surface area (Å²) in [5.74, 6) is 0.549. The quantitative estimate of drug-likeness (QED) is 0.630. The maximum atomic E-state index is 12.0. The van der Waals surface area contributed by atoms with Gasteiger partial charge in [0.05, 0.1) is 0 Å². The molecule has 1 aliphatic heterocycles. The molecular weight excluding hydrogens is 176 g/mol. The van der Waals surface area contributed by atoms with Crippen molar-refractivity contribution in [3.05, 3.63) is 12.2 Å². The molecule has 2 N–H and O–H groups in total. The Bertz CT molecular complexity index is 250. The van der Waals surface area contributed by atoms with Gasteiger partial charge in [0.15, 0.2) is 0 Å². The molecule has 14 heavy (non-hydrogen) atoms. The topological polar surface area (TPSA) is 46.3 Å². The molecule has 0 aromatic carbocycles. The molecule has 0 aromatic rings. The lowest BCUT2D eigenvalue weighted by molar-refractivity contribution is -0.134. The number of likely N-dealkylation sites (tertiary alicyclic amines) is 1. The smallest absolute Gasteiger partial charge is 0.226 e. The second-order valence-corrected chi connectivity index (χ2v) is 4.31. The van der Waals surface area contributed by atoms with E-state index in [0.29, 0.717) is 5.91 Å². The van der Waals surface area contributed by atoms with E-state index in [2.05, 4.69) is 12.2 Å². The summed E-state index contributed by atoms with van der Waals surface area (Å²) < 4.78 is 0. The number of nitrogens with zero attached hydrogens (tertiary/aromatic N) is 1. The Morgan fingerprint density at radius 3 is 2.79 bits per heavy atom. The van der Waals surface area contributed by atoms with Gasteiger partial charge in [-0.2, -0.15) is 0 Å². The minimum Gasteiger partial charge on any atom is -0.341 e. The molecule has 1 fully saturated rings. The summed E-state index contributed by atoms with van der Waals surface area (Å²) in [6.45, 7) is 1.62. The van der Waals surface area contributed by atoms with Crippen LogP contribution in [0.15, 0.2) is 12.2 Å². The molecule has 3 nitrogen and oxygen atoms in total. The van der Waals surface area contributed by atoms with E-state index in [9.17, 15) is 4.79 Å².